The molecule has 3 aromatic rings. The van der Waals surface area contributed by atoms with Crippen molar-refractivity contribution in [2.75, 3.05) is 13.1 Å². The van der Waals surface area contributed by atoms with Gasteiger partial charge in [-0.1, -0.05) is 30.4 Å². The number of amides is 1. The molecule has 6 heteroatoms. The maximum atomic E-state index is 12.6. The Morgan fingerprint density at radius 2 is 2.21 bits per heavy atom. The maximum Gasteiger partial charge on any atom is 0.224 e. The number of hydrogen-bond acceptors (Lipinski definition) is 4. The van der Waals surface area contributed by atoms with Gasteiger partial charge in [-0.3, -0.25) is 9.48 Å². The molecule has 0 radical (unpaired) electrons. The number of carbonyl (C=O) groups is 1. The van der Waals surface area contributed by atoms with Crippen molar-refractivity contribution < 1.29 is 9.21 Å². The lowest BCUT2D eigenvalue weighted by atomic mass is 9.99. The number of aromatic nitrogens is 3. The normalized spacial score (nSPS) is 15.0. The molecular weight excluding hydrogens is 364 g/mol. The largest absolute Gasteiger partial charge is 0.456 e. The third-order valence-electron chi connectivity index (χ3n) is 5.46. The van der Waals surface area contributed by atoms with Gasteiger partial charge in [0.25, 0.3) is 0 Å². The van der Waals surface area contributed by atoms with Crippen LogP contribution in [0.5, 0.6) is 0 Å². The Kier molecular flexibility index (Phi) is 5.60. The van der Waals surface area contributed by atoms with Crippen molar-refractivity contribution in [2.24, 2.45) is 0 Å². The van der Waals surface area contributed by atoms with E-state index in [2.05, 4.69) is 47.6 Å². The second-order valence-corrected chi connectivity index (χ2v) is 7.28. The first-order chi connectivity index (χ1) is 14.2. The van der Waals surface area contributed by atoms with Crippen LogP contribution in [-0.2, 0) is 11.3 Å². The number of nitrogens with zero attached hydrogens (tertiary/aromatic N) is 4. The minimum absolute atomic E-state index is 0.151. The summed E-state index contributed by atoms with van der Waals surface area (Å²) in [4.78, 5) is 14.6. The smallest absolute Gasteiger partial charge is 0.224 e. The fourth-order valence-electron chi connectivity index (χ4n) is 3.81. The highest BCUT2D eigenvalue weighted by atomic mass is 16.3. The van der Waals surface area contributed by atoms with E-state index in [1.807, 2.05) is 17.9 Å². The molecule has 3 heterocycles. The molecule has 4 rings (SSSR count). The molecule has 29 heavy (non-hydrogen) atoms. The Morgan fingerprint density at radius 1 is 1.31 bits per heavy atom. The lowest BCUT2D eigenvalue weighted by Crippen LogP contribution is -2.35. The van der Waals surface area contributed by atoms with Crippen LogP contribution in [0.1, 0.15) is 44.4 Å². The van der Waals surface area contributed by atoms with Gasteiger partial charge in [-0.15, -0.1) is 5.10 Å². The second-order valence-electron chi connectivity index (χ2n) is 7.28. The van der Waals surface area contributed by atoms with Crippen LogP contribution in [0.4, 0.5) is 0 Å². The number of fused-ring (bicyclic) bond motifs is 1. The number of carbonyl (C=O) groups excluding carboxylic acids is 1. The van der Waals surface area contributed by atoms with E-state index >= 15 is 0 Å². The summed E-state index contributed by atoms with van der Waals surface area (Å²) in [6, 6.07) is 8.40. The van der Waals surface area contributed by atoms with Crippen LogP contribution in [0, 0.1) is 0 Å². The van der Waals surface area contributed by atoms with Gasteiger partial charge < -0.3 is 9.32 Å². The fraction of sp³-hybridized carbons (Fsp3) is 0.348. The van der Waals surface area contributed by atoms with E-state index in [0.717, 1.165) is 41.7 Å². The number of allylic oxidation sites excluding steroid dienone is 2. The van der Waals surface area contributed by atoms with E-state index in [1.54, 1.807) is 17.1 Å². The first-order valence-electron chi connectivity index (χ1n) is 10.2. The molecule has 0 saturated heterocycles. The van der Waals surface area contributed by atoms with Crippen LogP contribution in [0.25, 0.3) is 22.1 Å². The minimum atomic E-state index is 0.151. The van der Waals surface area contributed by atoms with Crippen molar-refractivity contribution in [3.8, 4) is 0 Å². The minimum Gasteiger partial charge on any atom is -0.456 e. The Labute approximate surface area is 170 Å². The van der Waals surface area contributed by atoms with Gasteiger partial charge in [0.2, 0.25) is 5.91 Å². The molecule has 1 aliphatic rings. The van der Waals surface area contributed by atoms with Crippen LogP contribution in [-0.4, -0.2) is 38.9 Å². The molecule has 2 aromatic heterocycles. The molecule has 0 bridgehead atoms. The van der Waals surface area contributed by atoms with Gasteiger partial charge in [0, 0.05) is 31.1 Å². The monoisotopic (exact) mass is 390 g/mol. The van der Waals surface area contributed by atoms with Gasteiger partial charge in [-0.25, -0.2) is 0 Å². The molecule has 0 saturated carbocycles. The standard InChI is InChI=1S/C23H26N4O2/c1-3-17(4-2)22-15-20-14-18(7-8-21(20)29-22)19-6-5-11-26(16-19)23(28)9-12-27-13-10-24-25-27/h3,6-8,10,13-15H,4-5,9,11-12,16H2,1-2H3/b17-3+. The van der Waals surface area contributed by atoms with Gasteiger partial charge in [0.1, 0.15) is 11.3 Å². The average molecular weight is 390 g/mol. The molecule has 6 nitrogen and oxygen atoms in total. The molecule has 0 atom stereocenters. The summed E-state index contributed by atoms with van der Waals surface area (Å²) in [5, 5.41) is 8.80. The van der Waals surface area contributed by atoms with Crippen LogP contribution in [0.3, 0.4) is 0 Å². The molecule has 1 aromatic carbocycles. The van der Waals surface area contributed by atoms with Gasteiger partial charge in [0.05, 0.1) is 12.7 Å². The highest BCUT2D eigenvalue weighted by molar-refractivity contribution is 5.87. The van der Waals surface area contributed by atoms with Crippen molar-refractivity contribution in [2.45, 2.75) is 39.7 Å². The SMILES string of the molecule is C/C=C(\CC)c1cc2cc(C3=CCCN(C(=O)CCn4ccnn4)C3)ccc2o1. The zero-order valence-electron chi connectivity index (χ0n) is 17.0. The summed E-state index contributed by atoms with van der Waals surface area (Å²) in [7, 11) is 0. The van der Waals surface area contributed by atoms with E-state index in [0.29, 0.717) is 19.5 Å². The molecule has 0 N–H and O–H groups in total. The van der Waals surface area contributed by atoms with Gasteiger partial charge in [-0.05, 0) is 54.7 Å². The third-order valence-corrected chi connectivity index (χ3v) is 5.46. The van der Waals surface area contributed by atoms with E-state index in [-0.39, 0.29) is 5.91 Å². The zero-order valence-corrected chi connectivity index (χ0v) is 17.0. The third kappa shape index (κ3) is 4.16. The lowest BCUT2D eigenvalue weighted by Gasteiger charge is -2.27. The summed E-state index contributed by atoms with van der Waals surface area (Å²) < 4.78 is 7.71. The van der Waals surface area contributed by atoms with Crippen molar-refractivity contribution in [3.63, 3.8) is 0 Å². The zero-order chi connectivity index (χ0) is 20.2. The molecule has 0 aliphatic carbocycles. The predicted molar refractivity (Wildman–Crippen MR) is 114 cm³/mol. The highest BCUT2D eigenvalue weighted by Crippen LogP contribution is 2.30. The summed E-state index contributed by atoms with van der Waals surface area (Å²) in [6.45, 7) is 6.14. The quantitative estimate of drug-likeness (QED) is 0.620. The predicted octanol–water partition coefficient (Wildman–Crippen LogP) is 4.54. The Morgan fingerprint density at radius 3 is 2.97 bits per heavy atom. The van der Waals surface area contributed by atoms with Crippen LogP contribution in [0.2, 0.25) is 0 Å². The summed E-state index contributed by atoms with van der Waals surface area (Å²) in [6.07, 6.45) is 10.0. The van der Waals surface area contributed by atoms with Gasteiger partial charge in [-0.2, -0.15) is 0 Å². The maximum absolute atomic E-state index is 12.6. The van der Waals surface area contributed by atoms with Crippen LogP contribution < -0.4 is 0 Å². The number of aryl methyl sites for hydroxylation is 1. The molecular formula is C23H26N4O2. The number of rotatable bonds is 6. The molecule has 1 amide bonds. The van der Waals surface area contributed by atoms with Gasteiger partial charge in [0.15, 0.2) is 0 Å². The van der Waals surface area contributed by atoms with Crippen molar-refractivity contribution in [3.05, 3.63) is 60.1 Å². The topological polar surface area (TPSA) is 64.2 Å². The number of hydrogen-bond donors (Lipinski definition) is 0. The van der Waals surface area contributed by atoms with Crippen molar-refractivity contribution in [1.29, 1.82) is 0 Å². The van der Waals surface area contributed by atoms with E-state index < -0.39 is 0 Å². The summed E-state index contributed by atoms with van der Waals surface area (Å²) >= 11 is 0. The highest BCUT2D eigenvalue weighted by Gasteiger charge is 2.19. The molecule has 1 aliphatic heterocycles. The van der Waals surface area contributed by atoms with Crippen molar-refractivity contribution >= 4 is 28.0 Å². The Balaban J connectivity index is 1.48. The van der Waals surface area contributed by atoms with E-state index in [1.165, 1.54) is 11.1 Å². The second kappa shape index (κ2) is 8.47. The molecule has 0 fully saturated rings. The molecule has 150 valence electrons. The first-order valence-corrected chi connectivity index (χ1v) is 10.2. The first kappa shape index (κ1) is 19.2. The molecule has 0 unspecified atom stereocenters. The van der Waals surface area contributed by atoms with Gasteiger partial charge >= 0.3 is 0 Å². The Bertz CT molecular complexity index is 1060. The van der Waals surface area contributed by atoms with E-state index in [4.69, 9.17) is 4.42 Å². The average Bonchev–Trinajstić information content (AvgIpc) is 3.42. The van der Waals surface area contributed by atoms with E-state index in [9.17, 15) is 4.79 Å². The Hall–Kier alpha value is -3.15. The summed E-state index contributed by atoms with van der Waals surface area (Å²) in [5.74, 6) is 1.09. The number of benzene rings is 1. The fourth-order valence-corrected chi connectivity index (χ4v) is 3.81. The molecule has 0 spiro atoms. The summed E-state index contributed by atoms with van der Waals surface area (Å²) in [5.41, 5.74) is 4.45. The van der Waals surface area contributed by atoms with Crippen molar-refractivity contribution in [1.82, 2.24) is 19.9 Å². The van der Waals surface area contributed by atoms with Crippen LogP contribution in [0.15, 0.2) is 53.2 Å². The number of furan rings is 1. The van der Waals surface area contributed by atoms with Crippen LogP contribution >= 0.6 is 0 Å². The lowest BCUT2D eigenvalue weighted by molar-refractivity contribution is -0.131.